The van der Waals surface area contributed by atoms with E-state index in [4.69, 9.17) is 0 Å². The quantitative estimate of drug-likeness (QED) is 0.754. The first-order chi connectivity index (χ1) is 6.91. The van der Waals surface area contributed by atoms with Crippen molar-refractivity contribution in [2.75, 3.05) is 38.6 Å². The van der Waals surface area contributed by atoms with Crippen LogP contribution >= 0.6 is 11.8 Å². The van der Waals surface area contributed by atoms with E-state index in [0.29, 0.717) is 4.75 Å². The van der Waals surface area contributed by atoms with Crippen molar-refractivity contribution in [3.8, 4) is 0 Å². The molecule has 15 heavy (non-hydrogen) atoms. The van der Waals surface area contributed by atoms with Crippen molar-refractivity contribution in [3.05, 3.63) is 0 Å². The van der Waals surface area contributed by atoms with Crippen molar-refractivity contribution >= 4 is 11.8 Å². The Morgan fingerprint density at radius 3 is 2.40 bits per heavy atom. The molecule has 1 saturated heterocycles. The average Bonchev–Trinajstić information content (AvgIpc) is 2.16. The molecule has 1 rings (SSSR count). The molecule has 1 heterocycles. The second kappa shape index (κ2) is 5.04. The van der Waals surface area contributed by atoms with E-state index in [1.165, 1.54) is 0 Å². The van der Waals surface area contributed by atoms with Crippen LogP contribution in [-0.4, -0.2) is 58.5 Å². The number of thioether (sulfide) groups is 1. The lowest BCUT2D eigenvalue weighted by molar-refractivity contribution is 0.0339. The molecule has 1 aliphatic rings. The van der Waals surface area contributed by atoms with E-state index in [1.54, 1.807) is 0 Å². The maximum atomic E-state index is 9.25. The summed E-state index contributed by atoms with van der Waals surface area (Å²) in [6.07, 6.45) is 0. The summed E-state index contributed by atoms with van der Waals surface area (Å²) in [5, 5.41) is 18.5. The molecule has 0 spiro atoms. The molecule has 0 bridgehead atoms. The van der Waals surface area contributed by atoms with Gasteiger partial charge in [-0.3, -0.25) is 0 Å². The maximum absolute atomic E-state index is 9.25. The standard InChI is InChI=1S/C11H23NO2S/c1-10(2)6-12(4-5-15-10)7-11(3,8-13)9-14/h13-14H,4-9H2,1-3H3. The number of hydrogen-bond acceptors (Lipinski definition) is 4. The highest BCUT2D eigenvalue weighted by Crippen LogP contribution is 2.31. The van der Waals surface area contributed by atoms with Crippen LogP contribution in [0.15, 0.2) is 0 Å². The van der Waals surface area contributed by atoms with Gasteiger partial charge < -0.3 is 15.1 Å². The number of hydrogen-bond donors (Lipinski definition) is 2. The molecule has 4 heteroatoms. The van der Waals surface area contributed by atoms with Crippen LogP contribution in [0.2, 0.25) is 0 Å². The summed E-state index contributed by atoms with van der Waals surface area (Å²) in [5.74, 6) is 1.14. The topological polar surface area (TPSA) is 43.7 Å². The van der Waals surface area contributed by atoms with E-state index < -0.39 is 0 Å². The second-order valence-corrected chi connectivity index (χ2v) is 7.25. The van der Waals surface area contributed by atoms with Crippen molar-refractivity contribution in [1.29, 1.82) is 0 Å². The highest BCUT2D eigenvalue weighted by molar-refractivity contribution is 8.00. The van der Waals surface area contributed by atoms with Crippen molar-refractivity contribution in [1.82, 2.24) is 4.90 Å². The zero-order valence-corrected chi connectivity index (χ0v) is 10.8. The van der Waals surface area contributed by atoms with E-state index in [1.807, 2.05) is 18.7 Å². The molecular formula is C11H23NO2S. The van der Waals surface area contributed by atoms with Gasteiger partial charge in [-0.15, -0.1) is 0 Å². The van der Waals surface area contributed by atoms with Crippen molar-refractivity contribution in [3.63, 3.8) is 0 Å². The third kappa shape index (κ3) is 3.94. The summed E-state index contributed by atoms with van der Waals surface area (Å²) in [4.78, 5) is 2.35. The van der Waals surface area contributed by atoms with Crippen molar-refractivity contribution in [2.45, 2.75) is 25.5 Å². The lowest BCUT2D eigenvalue weighted by Crippen LogP contribution is -2.49. The highest BCUT2D eigenvalue weighted by Gasteiger charge is 2.32. The Morgan fingerprint density at radius 1 is 1.33 bits per heavy atom. The van der Waals surface area contributed by atoms with E-state index in [0.717, 1.165) is 25.4 Å². The fraction of sp³-hybridized carbons (Fsp3) is 1.00. The smallest absolute Gasteiger partial charge is 0.0519 e. The summed E-state index contributed by atoms with van der Waals surface area (Å²) >= 11 is 2.00. The summed E-state index contributed by atoms with van der Waals surface area (Å²) in [6, 6.07) is 0. The molecule has 1 aliphatic heterocycles. The Kier molecular flexibility index (Phi) is 4.47. The van der Waals surface area contributed by atoms with Gasteiger partial charge in [0.2, 0.25) is 0 Å². The van der Waals surface area contributed by atoms with Gasteiger partial charge in [0.15, 0.2) is 0 Å². The summed E-state index contributed by atoms with van der Waals surface area (Å²) in [7, 11) is 0. The van der Waals surface area contributed by atoms with E-state index in [-0.39, 0.29) is 18.6 Å². The van der Waals surface area contributed by atoms with Crippen LogP contribution in [0.3, 0.4) is 0 Å². The van der Waals surface area contributed by atoms with Gasteiger partial charge in [0, 0.05) is 35.5 Å². The largest absolute Gasteiger partial charge is 0.396 e. The lowest BCUT2D eigenvalue weighted by atomic mass is 9.92. The van der Waals surface area contributed by atoms with Crippen LogP contribution in [0.1, 0.15) is 20.8 Å². The van der Waals surface area contributed by atoms with Gasteiger partial charge in [0.1, 0.15) is 0 Å². The van der Waals surface area contributed by atoms with Crippen LogP contribution in [0, 0.1) is 5.41 Å². The molecule has 0 atom stereocenters. The zero-order chi connectivity index (χ0) is 11.5. The summed E-state index contributed by atoms with van der Waals surface area (Å²) in [5.41, 5.74) is -0.363. The third-order valence-corrected chi connectivity index (χ3v) is 4.17. The van der Waals surface area contributed by atoms with E-state index in [9.17, 15) is 10.2 Å². The molecule has 0 saturated carbocycles. The number of rotatable bonds is 4. The van der Waals surface area contributed by atoms with Crippen LogP contribution in [0.4, 0.5) is 0 Å². The summed E-state index contributed by atoms with van der Waals surface area (Å²) < 4.78 is 0.296. The first-order valence-corrected chi connectivity index (χ1v) is 6.47. The molecule has 0 aromatic heterocycles. The van der Waals surface area contributed by atoms with Gasteiger partial charge in [0.05, 0.1) is 13.2 Å². The fourth-order valence-electron chi connectivity index (χ4n) is 1.94. The van der Waals surface area contributed by atoms with Crippen molar-refractivity contribution < 1.29 is 10.2 Å². The molecule has 90 valence electrons. The molecule has 0 unspecified atom stereocenters. The Labute approximate surface area is 96.9 Å². The van der Waals surface area contributed by atoms with Crippen LogP contribution in [0.25, 0.3) is 0 Å². The Bertz CT molecular complexity index is 205. The van der Waals surface area contributed by atoms with Crippen LogP contribution in [-0.2, 0) is 0 Å². The molecule has 0 amide bonds. The monoisotopic (exact) mass is 233 g/mol. The molecule has 0 aromatic carbocycles. The molecule has 1 fully saturated rings. The minimum atomic E-state index is -0.363. The van der Waals surface area contributed by atoms with Gasteiger partial charge in [-0.05, 0) is 13.8 Å². The minimum absolute atomic E-state index is 0.0492. The first-order valence-electron chi connectivity index (χ1n) is 5.49. The van der Waals surface area contributed by atoms with Gasteiger partial charge in [0.25, 0.3) is 0 Å². The second-order valence-electron chi connectivity index (χ2n) is 5.45. The zero-order valence-electron chi connectivity index (χ0n) is 9.99. The number of nitrogens with zero attached hydrogens (tertiary/aromatic N) is 1. The van der Waals surface area contributed by atoms with E-state index >= 15 is 0 Å². The predicted molar refractivity (Wildman–Crippen MR) is 65.3 cm³/mol. The lowest BCUT2D eigenvalue weighted by Gasteiger charge is -2.41. The normalized spacial score (nSPS) is 23.0. The number of aliphatic hydroxyl groups is 2. The molecule has 0 aromatic rings. The Morgan fingerprint density at radius 2 is 1.93 bits per heavy atom. The molecule has 2 N–H and O–H groups in total. The highest BCUT2D eigenvalue weighted by atomic mass is 32.2. The maximum Gasteiger partial charge on any atom is 0.0519 e. The minimum Gasteiger partial charge on any atom is -0.396 e. The third-order valence-electron chi connectivity index (χ3n) is 2.87. The Hall–Kier alpha value is 0.230. The van der Waals surface area contributed by atoms with E-state index in [2.05, 4.69) is 18.7 Å². The van der Waals surface area contributed by atoms with Gasteiger partial charge in [-0.2, -0.15) is 11.8 Å². The molecule has 3 nitrogen and oxygen atoms in total. The fourth-order valence-corrected chi connectivity index (χ4v) is 3.11. The predicted octanol–water partition coefficient (Wildman–Crippen LogP) is 0.805. The van der Waals surface area contributed by atoms with Crippen LogP contribution in [0.5, 0.6) is 0 Å². The first kappa shape index (κ1) is 13.3. The van der Waals surface area contributed by atoms with Gasteiger partial charge in [-0.1, -0.05) is 6.92 Å². The van der Waals surface area contributed by atoms with Crippen LogP contribution < -0.4 is 0 Å². The SMILES string of the molecule is CC(CO)(CO)CN1CCSC(C)(C)C1. The Balaban J connectivity index is 2.51. The average molecular weight is 233 g/mol. The van der Waals surface area contributed by atoms with Crippen molar-refractivity contribution in [2.24, 2.45) is 5.41 Å². The van der Waals surface area contributed by atoms with Gasteiger partial charge in [-0.25, -0.2) is 0 Å². The molecular weight excluding hydrogens is 210 g/mol. The molecule has 0 aliphatic carbocycles. The molecule has 0 radical (unpaired) electrons. The summed E-state index contributed by atoms with van der Waals surface area (Å²) in [6.45, 7) is 9.40. The number of aliphatic hydroxyl groups excluding tert-OH is 2. The van der Waals surface area contributed by atoms with Gasteiger partial charge >= 0.3 is 0 Å².